The van der Waals surface area contributed by atoms with Gasteiger partial charge in [-0.15, -0.1) is 0 Å². The van der Waals surface area contributed by atoms with Crippen LogP contribution in [0.15, 0.2) is 53.8 Å². The summed E-state index contributed by atoms with van der Waals surface area (Å²) < 4.78 is 7.41. The minimum Gasteiger partial charge on any atom is -0.439 e. The number of aromatic amines is 1. The maximum Gasteiger partial charge on any atom is 0.332 e. The molecule has 4 aromatic rings. The van der Waals surface area contributed by atoms with E-state index >= 15 is 0 Å². The summed E-state index contributed by atoms with van der Waals surface area (Å²) in [4.78, 5) is 27.4. The number of nitriles is 1. The summed E-state index contributed by atoms with van der Waals surface area (Å²) in [7, 11) is 0. The molecule has 0 fully saturated rings. The molecule has 144 valence electrons. The standard InChI is InChI=1S/C21H18N6O2/c1-21(2,3)15-8-13(9-22)4-6-17(15)29-18-7-5-14(10-24-18)27-19-16(26-20(27)28)11-23-12-25-19/h4-8,10-12H,1-3H3,(H,26,28). The average Bonchev–Trinajstić information content (AvgIpc) is 3.04. The average molecular weight is 386 g/mol. The molecule has 0 radical (unpaired) electrons. The SMILES string of the molecule is CC(C)(C)c1cc(C#N)ccc1Oc1ccc(-n2c(=O)[nH]c3cncnc32)cn1. The first-order valence-corrected chi connectivity index (χ1v) is 8.96. The van der Waals surface area contributed by atoms with Crippen molar-refractivity contribution < 1.29 is 4.74 Å². The Bertz CT molecular complexity index is 1290. The second kappa shape index (κ2) is 6.87. The highest BCUT2D eigenvalue weighted by Gasteiger charge is 2.20. The van der Waals surface area contributed by atoms with E-state index in [0.717, 1.165) is 5.56 Å². The summed E-state index contributed by atoms with van der Waals surface area (Å²) in [5.41, 5.74) is 2.53. The first-order valence-electron chi connectivity index (χ1n) is 8.96. The van der Waals surface area contributed by atoms with Crippen LogP contribution >= 0.6 is 0 Å². The van der Waals surface area contributed by atoms with Crippen molar-refractivity contribution in [2.75, 3.05) is 0 Å². The normalized spacial score (nSPS) is 11.4. The van der Waals surface area contributed by atoms with Crippen LogP contribution in [0, 0.1) is 11.3 Å². The molecule has 29 heavy (non-hydrogen) atoms. The van der Waals surface area contributed by atoms with Crippen LogP contribution in [0.4, 0.5) is 0 Å². The molecule has 1 N–H and O–H groups in total. The number of hydrogen-bond donors (Lipinski definition) is 1. The van der Waals surface area contributed by atoms with Gasteiger partial charge in [-0.25, -0.2) is 24.3 Å². The molecule has 0 unspecified atom stereocenters. The monoisotopic (exact) mass is 386 g/mol. The van der Waals surface area contributed by atoms with Crippen LogP contribution in [0.2, 0.25) is 0 Å². The van der Waals surface area contributed by atoms with E-state index < -0.39 is 0 Å². The van der Waals surface area contributed by atoms with Crippen LogP contribution < -0.4 is 10.4 Å². The van der Waals surface area contributed by atoms with E-state index in [4.69, 9.17) is 4.74 Å². The lowest BCUT2D eigenvalue weighted by Crippen LogP contribution is -2.15. The first kappa shape index (κ1) is 18.4. The maximum absolute atomic E-state index is 12.3. The van der Waals surface area contributed by atoms with Gasteiger partial charge in [0, 0.05) is 11.6 Å². The molecule has 0 saturated heterocycles. The second-order valence-corrected chi connectivity index (χ2v) is 7.56. The lowest BCUT2D eigenvalue weighted by Gasteiger charge is -2.22. The van der Waals surface area contributed by atoms with Gasteiger partial charge >= 0.3 is 5.69 Å². The van der Waals surface area contributed by atoms with Crippen molar-refractivity contribution in [1.82, 2.24) is 24.5 Å². The van der Waals surface area contributed by atoms with Crippen LogP contribution in [0.25, 0.3) is 16.9 Å². The molecule has 1 aromatic carbocycles. The van der Waals surface area contributed by atoms with Crippen molar-refractivity contribution in [3.05, 3.63) is 70.7 Å². The molecule has 4 rings (SSSR count). The lowest BCUT2D eigenvalue weighted by atomic mass is 9.85. The Balaban J connectivity index is 1.69. The van der Waals surface area contributed by atoms with Gasteiger partial charge < -0.3 is 9.72 Å². The van der Waals surface area contributed by atoms with E-state index in [-0.39, 0.29) is 11.1 Å². The van der Waals surface area contributed by atoms with E-state index in [1.54, 1.807) is 36.7 Å². The van der Waals surface area contributed by atoms with Gasteiger partial charge in [-0.2, -0.15) is 5.26 Å². The lowest BCUT2D eigenvalue weighted by molar-refractivity contribution is 0.439. The van der Waals surface area contributed by atoms with Gasteiger partial charge in [0.1, 0.15) is 17.6 Å². The fourth-order valence-electron chi connectivity index (χ4n) is 3.05. The number of ether oxygens (including phenoxy) is 1. The Labute approximate surface area is 166 Å². The molecule has 0 saturated carbocycles. The minimum absolute atomic E-state index is 0.209. The highest BCUT2D eigenvalue weighted by atomic mass is 16.5. The highest BCUT2D eigenvalue weighted by molar-refractivity contribution is 5.71. The molecule has 0 amide bonds. The number of imidazole rings is 1. The summed E-state index contributed by atoms with van der Waals surface area (Å²) >= 11 is 0. The molecule has 0 spiro atoms. The zero-order chi connectivity index (χ0) is 20.6. The Morgan fingerprint density at radius 3 is 2.66 bits per heavy atom. The van der Waals surface area contributed by atoms with E-state index in [1.807, 2.05) is 6.07 Å². The van der Waals surface area contributed by atoms with Crippen LogP contribution in [-0.2, 0) is 5.41 Å². The molecule has 0 aliphatic heterocycles. The Morgan fingerprint density at radius 2 is 1.97 bits per heavy atom. The van der Waals surface area contributed by atoms with Crippen molar-refractivity contribution in [2.45, 2.75) is 26.2 Å². The van der Waals surface area contributed by atoms with Crippen molar-refractivity contribution in [3.8, 4) is 23.4 Å². The summed E-state index contributed by atoms with van der Waals surface area (Å²) in [6, 6.07) is 10.9. The quantitative estimate of drug-likeness (QED) is 0.577. The van der Waals surface area contributed by atoms with Gasteiger partial charge in [-0.1, -0.05) is 20.8 Å². The van der Waals surface area contributed by atoms with E-state index in [0.29, 0.717) is 34.0 Å². The van der Waals surface area contributed by atoms with Crippen LogP contribution in [-0.4, -0.2) is 24.5 Å². The van der Waals surface area contributed by atoms with Crippen LogP contribution in [0.1, 0.15) is 31.9 Å². The van der Waals surface area contributed by atoms with Gasteiger partial charge in [0.15, 0.2) is 5.65 Å². The highest BCUT2D eigenvalue weighted by Crippen LogP contribution is 2.34. The van der Waals surface area contributed by atoms with Gasteiger partial charge in [-0.05, 0) is 29.7 Å². The molecule has 0 aliphatic carbocycles. The number of pyridine rings is 1. The molecule has 3 heterocycles. The predicted octanol–water partition coefficient (Wildman–Crippen LogP) is 3.47. The Kier molecular flexibility index (Phi) is 4.35. The predicted molar refractivity (Wildman–Crippen MR) is 107 cm³/mol. The first-order chi connectivity index (χ1) is 13.9. The van der Waals surface area contributed by atoms with Crippen molar-refractivity contribution >= 4 is 11.2 Å². The number of H-pyrrole nitrogens is 1. The van der Waals surface area contributed by atoms with Crippen LogP contribution in [0.3, 0.4) is 0 Å². The number of aromatic nitrogens is 5. The third kappa shape index (κ3) is 3.46. The van der Waals surface area contributed by atoms with Gasteiger partial charge in [0.25, 0.3) is 0 Å². The summed E-state index contributed by atoms with van der Waals surface area (Å²) in [5.74, 6) is 1.01. The minimum atomic E-state index is -0.321. The fraction of sp³-hybridized carbons (Fsp3) is 0.190. The Morgan fingerprint density at radius 1 is 1.14 bits per heavy atom. The van der Waals surface area contributed by atoms with Gasteiger partial charge in [-0.3, -0.25) is 0 Å². The zero-order valence-electron chi connectivity index (χ0n) is 16.2. The number of fused-ring (bicyclic) bond motifs is 1. The largest absolute Gasteiger partial charge is 0.439 e. The summed E-state index contributed by atoms with van der Waals surface area (Å²) in [6.07, 6.45) is 4.48. The third-order valence-corrected chi connectivity index (χ3v) is 4.46. The number of nitrogens with zero attached hydrogens (tertiary/aromatic N) is 5. The van der Waals surface area contributed by atoms with Crippen molar-refractivity contribution in [3.63, 3.8) is 0 Å². The summed E-state index contributed by atoms with van der Waals surface area (Å²) in [6.45, 7) is 6.16. The molecule has 3 aromatic heterocycles. The van der Waals surface area contributed by atoms with Gasteiger partial charge in [0.2, 0.25) is 5.88 Å². The second-order valence-electron chi connectivity index (χ2n) is 7.56. The van der Waals surface area contributed by atoms with Crippen molar-refractivity contribution in [2.24, 2.45) is 0 Å². The number of rotatable bonds is 3. The van der Waals surface area contributed by atoms with E-state index in [9.17, 15) is 10.1 Å². The molecular weight excluding hydrogens is 368 g/mol. The molecule has 8 nitrogen and oxygen atoms in total. The summed E-state index contributed by atoms with van der Waals surface area (Å²) in [5, 5.41) is 9.18. The topological polar surface area (TPSA) is 109 Å². The molecule has 0 aliphatic rings. The van der Waals surface area contributed by atoms with E-state index in [2.05, 4.69) is 46.8 Å². The zero-order valence-corrected chi connectivity index (χ0v) is 16.2. The maximum atomic E-state index is 12.3. The van der Waals surface area contributed by atoms with E-state index in [1.165, 1.54) is 10.9 Å². The fourth-order valence-corrected chi connectivity index (χ4v) is 3.05. The van der Waals surface area contributed by atoms with Crippen molar-refractivity contribution in [1.29, 1.82) is 5.26 Å². The number of benzene rings is 1. The molecule has 8 heteroatoms. The number of hydrogen-bond acceptors (Lipinski definition) is 6. The smallest absolute Gasteiger partial charge is 0.332 e. The van der Waals surface area contributed by atoms with Gasteiger partial charge in [0.05, 0.1) is 29.7 Å². The number of nitrogens with one attached hydrogen (secondary N) is 1. The third-order valence-electron chi connectivity index (χ3n) is 4.46. The van der Waals surface area contributed by atoms with Crippen LogP contribution in [0.5, 0.6) is 11.6 Å². The Hall–Kier alpha value is -3.99. The molecule has 0 atom stereocenters. The molecule has 0 bridgehead atoms. The molecular formula is C21H18N6O2.